The van der Waals surface area contributed by atoms with E-state index in [-0.39, 0.29) is 5.41 Å². The van der Waals surface area contributed by atoms with Gasteiger partial charge in [0.2, 0.25) is 11.1 Å². The maximum absolute atomic E-state index is 5.49. The summed E-state index contributed by atoms with van der Waals surface area (Å²) in [6.45, 7) is 8.80. The Morgan fingerprint density at radius 1 is 1.43 bits per heavy atom. The summed E-state index contributed by atoms with van der Waals surface area (Å²) in [6.07, 6.45) is 0. The minimum atomic E-state index is 0.217. The number of hydrogen-bond donors (Lipinski definition) is 1. The Bertz CT molecular complexity index is 302. The van der Waals surface area contributed by atoms with Crippen molar-refractivity contribution in [3.05, 3.63) is 0 Å². The Morgan fingerprint density at radius 2 is 2.00 bits per heavy atom. The van der Waals surface area contributed by atoms with E-state index in [9.17, 15) is 0 Å². The van der Waals surface area contributed by atoms with Crippen molar-refractivity contribution in [2.24, 2.45) is 5.41 Å². The second-order valence-electron chi connectivity index (χ2n) is 4.59. The Labute approximate surface area is 89.3 Å². The van der Waals surface area contributed by atoms with Crippen LogP contribution in [0.25, 0.3) is 0 Å². The second-order valence-corrected chi connectivity index (χ2v) is 5.32. The van der Waals surface area contributed by atoms with Crippen LogP contribution >= 0.6 is 11.5 Å². The fourth-order valence-corrected chi connectivity index (χ4v) is 1.75. The molecule has 0 radical (unpaired) electrons. The third kappa shape index (κ3) is 2.35. The summed E-state index contributed by atoms with van der Waals surface area (Å²) in [5, 5.41) is 0.880. The lowest BCUT2D eigenvalue weighted by molar-refractivity contribution is 0.329. The number of nitrogens with two attached hydrogens (primary N) is 1. The fourth-order valence-electron chi connectivity index (χ4n) is 1.12. The molecule has 2 N–H and O–H groups in total. The fraction of sp³-hybridized carbons (Fsp3) is 0.778. The zero-order valence-corrected chi connectivity index (χ0v) is 10.2. The molecule has 0 saturated heterocycles. The molecule has 0 aliphatic heterocycles. The Morgan fingerprint density at radius 3 is 2.36 bits per heavy atom. The van der Waals surface area contributed by atoms with Gasteiger partial charge in [-0.3, -0.25) is 0 Å². The van der Waals surface area contributed by atoms with Crippen LogP contribution in [0, 0.1) is 5.41 Å². The SMILES string of the molecule is CC(N(C)c1nc(N)ns1)C(C)(C)C. The van der Waals surface area contributed by atoms with Gasteiger partial charge in [0.15, 0.2) is 0 Å². The first-order valence-corrected chi connectivity index (χ1v) is 5.41. The highest BCUT2D eigenvalue weighted by Gasteiger charge is 2.25. The van der Waals surface area contributed by atoms with Gasteiger partial charge in [0.1, 0.15) is 0 Å². The van der Waals surface area contributed by atoms with E-state index in [1.165, 1.54) is 11.5 Å². The van der Waals surface area contributed by atoms with E-state index in [1.807, 2.05) is 7.05 Å². The highest BCUT2D eigenvalue weighted by Crippen LogP contribution is 2.28. The van der Waals surface area contributed by atoms with E-state index < -0.39 is 0 Å². The van der Waals surface area contributed by atoms with Crippen molar-refractivity contribution in [3.63, 3.8) is 0 Å². The van der Waals surface area contributed by atoms with Gasteiger partial charge in [-0.25, -0.2) is 0 Å². The van der Waals surface area contributed by atoms with E-state index in [0.29, 0.717) is 12.0 Å². The van der Waals surface area contributed by atoms with Crippen molar-refractivity contribution in [2.75, 3.05) is 17.7 Å². The second kappa shape index (κ2) is 3.73. The minimum Gasteiger partial charge on any atom is -0.367 e. The van der Waals surface area contributed by atoms with Crippen LogP contribution in [0.15, 0.2) is 0 Å². The number of aromatic nitrogens is 2. The van der Waals surface area contributed by atoms with Gasteiger partial charge in [-0.1, -0.05) is 20.8 Å². The number of nitrogen functional groups attached to an aromatic ring is 1. The summed E-state index contributed by atoms with van der Waals surface area (Å²) in [4.78, 5) is 6.28. The van der Waals surface area contributed by atoms with Crippen molar-refractivity contribution in [2.45, 2.75) is 33.7 Å². The molecule has 1 rings (SSSR count). The Kier molecular flexibility index (Phi) is 2.99. The molecule has 0 spiro atoms. The third-order valence-electron chi connectivity index (χ3n) is 2.57. The van der Waals surface area contributed by atoms with Crippen molar-refractivity contribution in [3.8, 4) is 0 Å². The van der Waals surface area contributed by atoms with E-state index in [0.717, 1.165) is 5.13 Å². The lowest BCUT2D eigenvalue weighted by atomic mass is 9.87. The number of anilines is 2. The topological polar surface area (TPSA) is 55.0 Å². The van der Waals surface area contributed by atoms with Crippen molar-refractivity contribution >= 4 is 22.6 Å². The van der Waals surface area contributed by atoms with Crippen LogP contribution in [0.4, 0.5) is 11.1 Å². The first-order chi connectivity index (χ1) is 6.32. The van der Waals surface area contributed by atoms with Gasteiger partial charge in [-0.2, -0.15) is 9.36 Å². The van der Waals surface area contributed by atoms with E-state index in [2.05, 4.69) is 42.0 Å². The van der Waals surface area contributed by atoms with Crippen LogP contribution in [0.5, 0.6) is 0 Å². The van der Waals surface area contributed by atoms with Gasteiger partial charge in [0.05, 0.1) is 0 Å². The zero-order chi connectivity index (χ0) is 10.9. The van der Waals surface area contributed by atoms with E-state index in [1.54, 1.807) is 0 Å². The molecule has 0 fully saturated rings. The molecule has 80 valence electrons. The van der Waals surface area contributed by atoms with Crippen LogP contribution in [0.1, 0.15) is 27.7 Å². The van der Waals surface area contributed by atoms with Gasteiger partial charge in [-0.05, 0) is 12.3 Å². The maximum Gasteiger partial charge on any atom is 0.233 e. The molecule has 4 nitrogen and oxygen atoms in total. The van der Waals surface area contributed by atoms with Gasteiger partial charge in [0, 0.05) is 24.6 Å². The van der Waals surface area contributed by atoms with Crippen LogP contribution in [-0.4, -0.2) is 22.4 Å². The molecule has 0 aliphatic carbocycles. The normalized spacial score (nSPS) is 14.1. The third-order valence-corrected chi connectivity index (χ3v) is 3.39. The summed E-state index contributed by atoms with van der Waals surface area (Å²) in [5.74, 6) is 0.359. The highest BCUT2D eigenvalue weighted by molar-refractivity contribution is 7.09. The molecule has 0 amide bonds. The van der Waals surface area contributed by atoms with Crippen LogP contribution < -0.4 is 10.6 Å². The molecular weight excluding hydrogens is 196 g/mol. The van der Waals surface area contributed by atoms with Crippen molar-refractivity contribution in [1.29, 1.82) is 0 Å². The Balaban J connectivity index is 2.80. The molecule has 0 aliphatic rings. The molecule has 1 aromatic rings. The molecule has 0 aromatic carbocycles. The number of hydrogen-bond acceptors (Lipinski definition) is 5. The maximum atomic E-state index is 5.49. The van der Waals surface area contributed by atoms with Crippen LogP contribution in [0.2, 0.25) is 0 Å². The largest absolute Gasteiger partial charge is 0.367 e. The standard InChI is InChI=1S/C9H18N4S/c1-6(9(2,3)4)13(5)8-11-7(10)12-14-8/h6H,1-5H3,(H2,10,12). The predicted molar refractivity (Wildman–Crippen MR) is 61.6 cm³/mol. The van der Waals surface area contributed by atoms with Crippen LogP contribution in [-0.2, 0) is 0 Å². The zero-order valence-electron chi connectivity index (χ0n) is 9.40. The summed E-state index contributed by atoms with van der Waals surface area (Å²) in [6, 6.07) is 0.398. The molecule has 1 heterocycles. The molecular formula is C9H18N4S. The first-order valence-electron chi connectivity index (χ1n) is 4.64. The quantitative estimate of drug-likeness (QED) is 0.818. The number of nitrogens with zero attached hydrogens (tertiary/aromatic N) is 3. The molecule has 1 aromatic heterocycles. The summed E-state index contributed by atoms with van der Waals surface area (Å²) < 4.78 is 3.97. The van der Waals surface area contributed by atoms with Crippen LogP contribution in [0.3, 0.4) is 0 Å². The smallest absolute Gasteiger partial charge is 0.233 e. The van der Waals surface area contributed by atoms with Gasteiger partial charge in [0.25, 0.3) is 0 Å². The van der Waals surface area contributed by atoms with Gasteiger partial charge < -0.3 is 10.6 Å². The van der Waals surface area contributed by atoms with E-state index >= 15 is 0 Å². The highest BCUT2D eigenvalue weighted by atomic mass is 32.1. The predicted octanol–water partition coefficient (Wildman–Crippen LogP) is 1.99. The molecule has 14 heavy (non-hydrogen) atoms. The van der Waals surface area contributed by atoms with Crippen molar-refractivity contribution < 1.29 is 0 Å². The summed E-state index contributed by atoms with van der Waals surface area (Å²) in [5.41, 5.74) is 5.70. The lowest BCUT2D eigenvalue weighted by Gasteiger charge is -2.34. The van der Waals surface area contributed by atoms with Gasteiger partial charge in [-0.15, -0.1) is 0 Å². The van der Waals surface area contributed by atoms with E-state index in [4.69, 9.17) is 5.73 Å². The number of rotatable bonds is 2. The average Bonchev–Trinajstić information content (AvgIpc) is 2.47. The molecule has 0 saturated carbocycles. The minimum absolute atomic E-state index is 0.217. The lowest BCUT2D eigenvalue weighted by Crippen LogP contribution is -2.39. The summed E-state index contributed by atoms with van der Waals surface area (Å²) >= 11 is 1.34. The van der Waals surface area contributed by atoms with Gasteiger partial charge >= 0.3 is 0 Å². The molecule has 0 bridgehead atoms. The molecule has 5 heteroatoms. The monoisotopic (exact) mass is 214 g/mol. The molecule has 1 atom stereocenters. The first kappa shape index (κ1) is 11.2. The van der Waals surface area contributed by atoms with Crippen molar-refractivity contribution in [1.82, 2.24) is 9.36 Å². The molecule has 1 unspecified atom stereocenters. The summed E-state index contributed by atoms with van der Waals surface area (Å²) in [7, 11) is 2.02. The average molecular weight is 214 g/mol. The Hall–Kier alpha value is -0.840.